The van der Waals surface area contributed by atoms with Gasteiger partial charge in [0, 0.05) is 6.04 Å². The second kappa shape index (κ2) is 6.45. The molecule has 1 heterocycles. The Labute approximate surface area is 109 Å². The lowest BCUT2D eigenvalue weighted by Gasteiger charge is -2.28. The summed E-state index contributed by atoms with van der Waals surface area (Å²) in [4.78, 5) is 4.30. The Bertz CT molecular complexity index is 333. The standard InChI is InChI=1S/C13H25N3S/c1-6-17-8-7-11(2)16-10-15-9-12(16)13(3,4)14-5/h9-11,14H,6-8H2,1-5H3. The van der Waals surface area contributed by atoms with Gasteiger partial charge in [-0.15, -0.1) is 0 Å². The van der Waals surface area contributed by atoms with Crippen molar-refractivity contribution in [2.75, 3.05) is 18.6 Å². The van der Waals surface area contributed by atoms with E-state index in [1.165, 1.54) is 23.6 Å². The zero-order chi connectivity index (χ0) is 12.9. The maximum atomic E-state index is 4.30. The first kappa shape index (κ1) is 14.6. The molecule has 1 aromatic heterocycles. The van der Waals surface area contributed by atoms with E-state index in [4.69, 9.17) is 0 Å². The molecule has 0 radical (unpaired) electrons. The van der Waals surface area contributed by atoms with Gasteiger partial charge in [0.1, 0.15) is 0 Å². The molecule has 0 saturated carbocycles. The predicted molar refractivity (Wildman–Crippen MR) is 76.6 cm³/mol. The lowest BCUT2D eigenvalue weighted by Crippen LogP contribution is -2.35. The summed E-state index contributed by atoms with van der Waals surface area (Å²) in [5, 5.41) is 3.34. The summed E-state index contributed by atoms with van der Waals surface area (Å²) in [7, 11) is 1.99. The Morgan fingerprint density at radius 2 is 2.24 bits per heavy atom. The van der Waals surface area contributed by atoms with Crippen LogP contribution >= 0.6 is 11.8 Å². The van der Waals surface area contributed by atoms with Gasteiger partial charge in [-0.1, -0.05) is 6.92 Å². The number of nitrogens with zero attached hydrogens (tertiary/aromatic N) is 2. The summed E-state index contributed by atoms with van der Waals surface area (Å²) in [6.07, 6.45) is 5.12. The van der Waals surface area contributed by atoms with Crippen molar-refractivity contribution >= 4 is 11.8 Å². The van der Waals surface area contributed by atoms with Gasteiger partial charge in [0.15, 0.2) is 0 Å². The minimum atomic E-state index is -0.0251. The molecule has 1 N–H and O–H groups in total. The van der Waals surface area contributed by atoms with Crippen LogP contribution in [0.3, 0.4) is 0 Å². The van der Waals surface area contributed by atoms with E-state index in [2.05, 4.69) is 42.6 Å². The van der Waals surface area contributed by atoms with E-state index in [9.17, 15) is 0 Å². The molecule has 0 aromatic carbocycles. The molecule has 0 saturated heterocycles. The van der Waals surface area contributed by atoms with Crippen molar-refractivity contribution in [2.24, 2.45) is 0 Å². The Balaban J connectivity index is 2.74. The molecular formula is C13H25N3S. The molecule has 0 aliphatic heterocycles. The molecular weight excluding hydrogens is 230 g/mol. The average molecular weight is 255 g/mol. The number of thioether (sulfide) groups is 1. The van der Waals surface area contributed by atoms with Crippen LogP contribution < -0.4 is 5.32 Å². The highest BCUT2D eigenvalue weighted by Gasteiger charge is 2.23. The van der Waals surface area contributed by atoms with Gasteiger partial charge in [-0.3, -0.25) is 0 Å². The average Bonchev–Trinajstić information content (AvgIpc) is 2.79. The molecule has 1 atom stereocenters. The van der Waals surface area contributed by atoms with Crippen molar-refractivity contribution in [3.05, 3.63) is 18.2 Å². The number of nitrogens with one attached hydrogen (secondary N) is 1. The topological polar surface area (TPSA) is 29.9 Å². The van der Waals surface area contributed by atoms with Crippen LogP contribution in [0.4, 0.5) is 0 Å². The van der Waals surface area contributed by atoms with Gasteiger partial charge in [-0.05, 0) is 45.7 Å². The number of aromatic nitrogens is 2. The molecule has 3 nitrogen and oxygen atoms in total. The van der Waals surface area contributed by atoms with Crippen LogP contribution in [0.25, 0.3) is 0 Å². The molecule has 4 heteroatoms. The molecule has 1 unspecified atom stereocenters. The van der Waals surface area contributed by atoms with Crippen LogP contribution in [0.5, 0.6) is 0 Å². The van der Waals surface area contributed by atoms with E-state index in [1.54, 1.807) is 0 Å². The maximum absolute atomic E-state index is 4.30. The fourth-order valence-corrected chi connectivity index (χ4v) is 2.60. The third-order valence-electron chi connectivity index (χ3n) is 3.29. The predicted octanol–water partition coefficient (Wildman–Crippen LogP) is 3.04. The van der Waals surface area contributed by atoms with Gasteiger partial charge in [0.05, 0.1) is 23.8 Å². The van der Waals surface area contributed by atoms with Crippen molar-refractivity contribution in [3.8, 4) is 0 Å². The van der Waals surface area contributed by atoms with Crippen molar-refractivity contribution in [1.82, 2.24) is 14.9 Å². The van der Waals surface area contributed by atoms with Crippen molar-refractivity contribution in [3.63, 3.8) is 0 Å². The Hall–Kier alpha value is -0.480. The molecule has 0 amide bonds. The van der Waals surface area contributed by atoms with Crippen LogP contribution in [0.1, 0.15) is 45.9 Å². The molecule has 98 valence electrons. The maximum Gasteiger partial charge on any atom is 0.0951 e. The Morgan fingerprint density at radius 1 is 1.53 bits per heavy atom. The second-order valence-corrected chi connectivity index (χ2v) is 6.29. The first-order valence-electron chi connectivity index (χ1n) is 6.32. The van der Waals surface area contributed by atoms with Crippen LogP contribution in [0.15, 0.2) is 12.5 Å². The van der Waals surface area contributed by atoms with Gasteiger partial charge >= 0.3 is 0 Å². The monoisotopic (exact) mass is 255 g/mol. The number of hydrogen-bond donors (Lipinski definition) is 1. The van der Waals surface area contributed by atoms with Gasteiger partial charge < -0.3 is 9.88 Å². The minimum Gasteiger partial charge on any atom is -0.330 e. The molecule has 1 rings (SSSR count). The third kappa shape index (κ3) is 3.75. The lowest BCUT2D eigenvalue weighted by molar-refractivity contribution is 0.387. The smallest absolute Gasteiger partial charge is 0.0951 e. The van der Waals surface area contributed by atoms with Gasteiger partial charge in [0.2, 0.25) is 0 Å². The highest BCUT2D eigenvalue weighted by Crippen LogP contribution is 2.24. The first-order chi connectivity index (χ1) is 8.03. The zero-order valence-corrected chi connectivity index (χ0v) is 12.5. The fourth-order valence-electron chi connectivity index (χ4n) is 1.81. The van der Waals surface area contributed by atoms with Crippen molar-refractivity contribution in [2.45, 2.75) is 45.7 Å². The van der Waals surface area contributed by atoms with E-state index in [0.717, 1.165) is 0 Å². The molecule has 0 fully saturated rings. The number of hydrogen-bond acceptors (Lipinski definition) is 3. The van der Waals surface area contributed by atoms with E-state index in [0.29, 0.717) is 6.04 Å². The second-order valence-electron chi connectivity index (χ2n) is 4.90. The summed E-state index contributed by atoms with van der Waals surface area (Å²) in [6.45, 7) is 8.86. The molecule has 0 aliphatic carbocycles. The molecule has 0 spiro atoms. The van der Waals surface area contributed by atoms with Crippen LogP contribution in [-0.4, -0.2) is 28.1 Å². The van der Waals surface area contributed by atoms with E-state index < -0.39 is 0 Å². The first-order valence-corrected chi connectivity index (χ1v) is 7.47. The Kier molecular flexibility index (Phi) is 5.53. The fraction of sp³-hybridized carbons (Fsp3) is 0.769. The van der Waals surface area contributed by atoms with Crippen LogP contribution in [-0.2, 0) is 5.54 Å². The van der Waals surface area contributed by atoms with Gasteiger partial charge in [0.25, 0.3) is 0 Å². The summed E-state index contributed by atoms with van der Waals surface area (Å²) in [5.74, 6) is 2.42. The molecule has 1 aromatic rings. The van der Waals surface area contributed by atoms with E-state index in [-0.39, 0.29) is 5.54 Å². The highest BCUT2D eigenvalue weighted by molar-refractivity contribution is 7.99. The summed E-state index contributed by atoms with van der Waals surface area (Å²) in [5.41, 5.74) is 1.23. The van der Waals surface area contributed by atoms with Crippen LogP contribution in [0.2, 0.25) is 0 Å². The Morgan fingerprint density at radius 3 is 2.82 bits per heavy atom. The van der Waals surface area contributed by atoms with Gasteiger partial charge in [-0.25, -0.2) is 4.98 Å². The molecule has 0 bridgehead atoms. The highest BCUT2D eigenvalue weighted by atomic mass is 32.2. The van der Waals surface area contributed by atoms with E-state index in [1.807, 2.05) is 31.3 Å². The largest absolute Gasteiger partial charge is 0.330 e. The van der Waals surface area contributed by atoms with Crippen molar-refractivity contribution < 1.29 is 0 Å². The van der Waals surface area contributed by atoms with E-state index >= 15 is 0 Å². The lowest BCUT2D eigenvalue weighted by atomic mass is 10.0. The number of rotatable bonds is 7. The molecule has 17 heavy (non-hydrogen) atoms. The van der Waals surface area contributed by atoms with Gasteiger partial charge in [-0.2, -0.15) is 11.8 Å². The quantitative estimate of drug-likeness (QED) is 0.760. The van der Waals surface area contributed by atoms with Crippen molar-refractivity contribution in [1.29, 1.82) is 0 Å². The molecule has 0 aliphatic rings. The summed E-state index contributed by atoms with van der Waals surface area (Å²) >= 11 is 2.00. The zero-order valence-electron chi connectivity index (χ0n) is 11.7. The summed E-state index contributed by atoms with van der Waals surface area (Å²) < 4.78 is 2.30. The third-order valence-corrected chi connectivity index (χ3v) is 4.22. The summed E-state index contributed by atoms with van der Waals surface area (Å²) in [6, 6.07) is 0.513. The minimum absolute atomic E-state index is 0.0251. The SMILES string of the molecule is CCSCCC(C)n1cncc1C(C)(C)NC. The normalized spacial score (nSPS) is 13.9. The van der Waals surface area contributed by atoms with Crippen LogP contribution in [0, 0.1) is 0 Å². The number of imidazole rings is 1.